The molecule has 0 radical (unpaired) electrons. The molecule has 9 atom stereocenters. The van der Waals surface area contributed by atoms with Crippen LogP contribution in [0, 0.1) is 0 Å². The number of hydrogen-bond acceptors (Lipinski definition) is 14. The lowest BCUT2D eigenvalue weighted by Gasteiger charge is -2.49. The summed E-state index contributed by atoms with van der Waals surface area (Å²) in [6.45, 7) is -2.95. The van der Waals surface area contributed by atoms with Crippen molar-refractivity contribution in [2.24, 2.45) is 0 Å². The van der Waals surface area contributed by atoms with Gasteiger partial charge < -0.3 is 59.8 Å². The third kappa shape index (κ3) is 2.73. The van der Waals surface area contributed by atoms with Gasteiger partial charge in [-0.05, 0) is 0 Å². The second-order valence-corrected chi connectivity index (χ2v) is 6.33. The molecule has 3 aliphatic rings. The van der Waals surface area contributed by atoms with Gasteiger partial charge in [0.1, 0.15) is 37.1 Å². The molecular formula is C13H20O14. The van der Waals surface area contributed by atoms with Crippen molar-refractivity contribution in [1.29, 1.82) is 0 Å². The van der Waals surface area contributed by atoms with Gasteiger partial charge in [0, 0.05) is 0 Å². The van der Waals surface area contributed by atoms with E-state index >= 15 is 0 Å². The maximum Gasteiger partial charge on any atom is 0.515 e. The van der Waals surface area contributed by atoms with Crippen molar-refractivity contribution in [2.45, 2.75) is 54.2 Å². The minimum Gasteiger partial charge on any atom is -0.394 e. The Morgan fingerprint density at radius 1 is 0.889 bits per heavy atom. The fraction of sp³-hybridized carbons (Fsp3) is 0.923. The molecule has 0 aliphatic carbocycles. The van der Waals surface area contributed by atoms with E-state index in [1.165, 1.54) is 0 Å². The molecule has 3 rings (SSSR count). The number of rotatable bonds is 5. The van der Waals surface area contributed by atoms with Crippen LogP contribution in [0.4, 0.5) is 4.79 Å². The quantitative estimate of drug-likeness (QED) is 0.201. The van der Waals surface area contributed by atoms with E-state index in [1.54, 1.807) is 0 Å². The van der Waals surface area contributed by atoms with E-state index in [0.29, 0.717) is 0 Å². The molecule has 27 heavy (non-hydrogen) atoms. The Morgan fingerprint density at radius 2 is 1.44 bits per heavy atom. The first kappa shape index (κ1) is 20.6. The van der Waals surface area contributed by atoms with E-state index in [-0.39, 0.29) is 0 Å². The minimum absolute atomic E-state index is 0.807. The van der Waals surface area contributed by atoms with Gasteiger partial charge in [0.05, 0.1) is 13.2 Å². The Morgan fingerprint density at radius 3 is 1.96 bits per heavy atom. The lowest BCUT2D eigenvalue weighted by atomic mass is 9.94. The van der Waals surface area contributed by atoms with Crippen LogP contribution < -0.4 is 0 Å². The Labute approximate surface area is 150 Å². The maximum atomic E-state index is 11.6. The van der Waals surface area contributed by atoms with Crippen LogP contribution in [-0.4, -0.2) is 121 Å². The molecule has 156 valence electrons. The summed E-state index contributed by atoms with van der Waals surface area (Å²) in [5, 5.41) is 78.9. The molecule has 14 nitrogen and oxygen atoms in total. The van der Waals surface area contributed by atoms with Crippen LogP contribution in [-0.2, 0) is 23.7 Å². The summed E-state index contributed by atoms with van der Waals surface area (Å²) >= 11 is 0. The molecule has 8 N–H and O–H groups in total. The molecule has 0 spiro atoms. The highest BCUT2D eigenvalue weighted by Crippen LogP contribution is 2.49. The number of ether oxygens (including phenoxy) is 5. The summed E-state index contributed by atoms with van der Waals surface area (Å²) in [7, 11) is 0. The SMILES string of the molecule is O=C1O[C@@]2(OC3(CO)O[C@H](CO)[C@@H](O)[C@@H]3O)O[C@H](CO)[C@@H](O)[C@H](O)[C@]2(O)O1. The van der Waals surface area contributed by atoms with Crippen LogP contribution in [0.15, 0.2) is 0 Å². The van der Waals surface area contributed by atoms with Gasteiger partial charge in [-0.3, -0.25) is 4.74 Å². The number of fused-ring (bicyclic) bond motifs is 1. The van der Waals surface area contributed by atoms with E-state index in [4.69, 9.17) is 14.2 Å². The van der Waals surface area contributed by atoms with Crippen LogP contribution >= 0.6 is 0 Å². The zero-order chi connectivity index (χ0) is 20.2. The third-order valence-corrected chi connectivity index (χ3v) is 4.70. The van der Waals surface area contributed by atoms with E-state index in [9.17, 15) is 45.6 Å². The van der Waals surface area contributed by atoms with E-state index in [2.05, 4.69) is 9.47 Å². The maximum absolute atomic E-state index is 11.6. The van der Waals surface area contributed by atoms with Gasteiger partial charge in [-0.2, -0.15) is 0 Å². The van der Waals surface area contributed by atoms with Gasteiger partial charge >= 0.3 is 17.9 Å². The van der Waals surface area contributed by atoms with Crippen LogP contribution in [0.5, 0.6) is 0 Å². The smallest absolute Gasteiger partial charge is 0.394 e. The van der Waals surface area contributed by atoms with Crippen molar-refractivity contribution >= 4 is 6.16 Å². The van der Waals surface area contributed by atoms with Gasteiger partial charge in [-0.15, -0.1) is 0 Å². The van der Waals surface area contributed by atoms with Crippen LogP contribution in [0.25, 0.3) is 0 Å². The topological polar surface area (TPSA) is 225 Å². The lowest BCUT2D eigenvalue weighted by Crippen LogP contribution is -2.75. The molecule has 0 aromatic heterocycles. The first-order chi connectivity index (χ1) is 12.6. The van der Waals surface area contributed by atoms with Crippen LogP contribution in [0.3, 0.4) is 0 Å². The number of carbonyl (C=O) groups excluding carboxylic acids is 1. The van der Waals surface area contributed by atoms with Crippen LogP contribution in [0.1, 0.15) is 0 Å². The largest absolute Gasteiger partial charge is 0.515 e. The molecule has 3 aliphatic heterocycles. The van der Waals surface area contributed by atoms with Gasteiger partial charge in [0.2, 0.25) is 5.79 Å². The summed E-state index contributed by atoms with van der Waals surface area (Å²) < 4.78 is 24.6. The Bertz CT molecular complexity index is 587. The zero-order valence-electron chi connectivity index (χ0n) is 13.6. The Balaban J connectivity index is 2.02. The molecular weight excluding hydrogens is 380 g/mol. The third-order valence-electron chi connectivity index (χ3n) is 4.70. The monoisotopic (exact) mass is 400 g/mol. The molecule has 0 saturated carbocycles. The average Bonchev–Trinajstić information content (AvgIpc) is 3.04. The van der Waals surface area contributed by atoms with Gasteiger partial charge in [0.25, 0.3) is 0 Å². The molecule has 3 saturated heterocycles. The standard InChI is InChI=1S/C13H20O14/c14-1-4-6(17)8(19)11(3-16,23-4)27-13-12(22,25-10(21)26-13)9(20)7(18)5(2-15)24-13/h4-9,14-20,22H,1-3H2/t4-,5-,6-,7-,8+,9+,11?,12+,13+/m1/s1. The summed E-state index contributed by atoms with van der Waals surface area (Å²) in [4.78, 5) is 11.6. The van der Waals surface area contributed by atoms with Crippen molar-refractivity contribution < 1.29 is 69.3 Å². The first-order valence-electron chi connectivity index (χ1n) is 7.84. The molecule has 3 heterocycles. The molecule has 0 aromatic rings. The van der Waals surface area contributed by atoms with Crippen molar-refractivity contribution in [3.8, 4) is 0 Å². The first-order valence-corrected chi connectivity index (χ1v) is 7.84. The Kier molecular flexibility index (Phi) is 5.11. The summed E-state index contributed by atoms with van der Waals surface area (Å²) in [5.41, 5.74) is 0. The lowest BCUT2D eigenvalue weighted by molar-refractivity contribution is -0.526. The van der Waals surface area contributed by atoms with E-state index in [0.717, 1.165) is 0 Å². The second-order valence-electron chi connectivity index (χ2n) is 6.33. The number of aliphatic hydroxyl groups excluding tert-OH is 7. The van der Waals surface area contributed by atoms with Crippen molar-refractivity contribution in [3.63, 3.8) is 0 Å². The van der Waals surface area contributed by atoms with Gasteiger partial charge in [0.15, 0.2) is 6.10 Å². The summed E-state index contributed by atoms with van der Waals surface area (Å²) in [6.07, 6.45) is -12.8. The van der Waals surface area contributed by atoms with Crippen molar-refractivity contribution in [2.75, 3.05) is 19.8 Å². The highest BCUT2D eigenvalue weighted by atomic mass is 17.0. The summed E-state index contributed by atoms with van der Waals surface area (Å²) in [5.74, 6) is -8.94. The fourth-order valence-electron chi connectivity index (χ4n) is 3.19. The predicted molar refractivity (Wildman–Crippen MR) is 74.1 cm³/mol. The van der Waals surface area contributed by atoms with Gasteiger partial charge in [-0.25, -0.2) is 4.79 Å². The molecule has 0 aromatic carbocycles. The highest BCUT2D eigenvalue weighted by molar-refractivity contribution is 5.63. The molecule has 14 heteroatoms. The highest BCUT2D eigenvalue weighted by Gasteiger charge is 2.78. The Hall–Kier alpha value is -1.17. The molecule has 0 amide bonds. The summed E-state index contributed by atoms with van der Waals surface area (Å²) in [6, 6.07) is 0. The molecule has 1 unspecified atom stereocenters. The number of carbonyl (C=O) groups is 1. The van der Waals surface area contributed by atoms with E-state index in [1.807, 2.05) is 0 Å². The molecule has 3 fully saturated rings. The predicted octanol–water partition coefficient (Wildman–Crippen LogP) is -5.57. The molecule has 0 bridgehead atoms. The van der Waals surface area contributed by atoms with Crippen molar-refractivity contribution in [1.82, 2.24) is 0 Å². The number of hydrogen-bond donors (Lipinski definition) is 8. The number of aliphatic hydroxyl groups is 8. The van der Waals surface area contributed by atoms with Crippen LogP contribution in [0.2, 0.25) is 0 Å². The van der Waals surface area contributed by atoms with Crippen molar-refractivity contribution in [3.05, 3.63) is 0 Å². The van der Waals surface area contributed by atoms with Gasteiger partial charge in [-0.1, -0.05) is 0 Å². The average molecular weight is 400 g/mol. The fourth-order valence-corrected chi connectivity index (χ4v) is 3.19. The minimum atomic E-state index is -3.21. The normalized spacial score (nSPS) is 52.4. The van der Waals surface area contributed by atoms with E-state index < -0.39 is 80.1 Å². The second kappa shape index (κ2) is 6.71. The zero-order valence-corrected chi connectivity index (χ0v) is 13.6.